The quantitative estimate of drug-likeness (QED) is 0.156. The number of carbonyl (C=O) groups is 3. The molecule has 0 radical (unpaired) electrons. The second kappa shape index (κ2) is 11.3. The molecule has 7 rings (SSSR count). The van der Waals surface area contributed by atoms with Crippen LogP contribution >= 0.6 is 15.9 Å². The molecule has 0 aliphatic carbocycles. The molecule has 4 aromatic carbocycles. The molecule has 0 aromatic heterocycles. The Kier molecular flexibility index (Phi) is 7.33. The van der Waals surface area contributed by atoms with Crippen LogP contribution in [0.25, 0.3) is 6.08 Å². The van der Waals surface area contributed by atoms with Crippen molar-refractivity contribution in [2.24, 2.45) is 5.92 Å². The van der Waals surface area contributed by atoms with Gasteiger partial charge >= 0.3 is 0 Å². The average molecular weight is 646 g/mol. The number of para-hydroxylation sites is 2. The lowest BCUT2D eigenvalue weighted by molar-refractivity contribution is -0.121. The van der Waals surface area contributed by atoms with Gasteiger partial charge in [-0.2, -0.15) is 0 Å². The highest BCUT2D eigenvalue weighted by atomic mass is 79.9. The summed E-state index contributed by atoms with van der Waals surface area (Å²) in [5.74, 6) is -1.61. The second-order valence-corrected chi connectivity index (χ2v) is 12.9. The van der Waals surface area contributed by atoms with Gasteiger partial charge in [-0.3, -0.25) is 14.4 Å². The summed E-state index contributed by atoms with van der Waals surface area (Å²) >= 11 is 3.48. The van der Waals surface area contributed by atoms with E-state index in [9.17, 15) is 9.59 Å². The van der Waals surface area contributed by atoms with Crippen LogP contribution in [0.15, 0.2) is 108 Å². The molecule has 0 unspecified atom stereocenters. The average Bonchev–Trinajstić information content (AvgIpc) is 3.53. The first-order valence-electron chi connectivity index (χ1n) is 15.3. The number of hydrogen-bond donors (Lipinski definition) is 1. The van der Waals surface area contributed by atoms with Crippen LogP contribution in [0.3, 0.4) is 0 Å². The number of nitrogens with one attached hydrogen (secondary N) is 1. The molecule has 4 atom stereocenters. The summed E-state index contributed by atoms with van der Waals surface area (Å²) in [6.45, 7) is 2.18. The van der Waals surface area contributed by atoms with E-state index < -0.39 is 23.4 Å². The normalized spacial score (nSPS) is 22.8. The van der Waals surface area contributed by atoms with E-state index in [0.717, 1.165) is 47.0 Å². The zero-order valence-corrected chi connectivity index (χ0v) is 26.1. The number of amides is 1. The molecule has 4 aromatic rings. The molecule has 1 saturated heterocycles. The van der Waals surface area contributed by atoms with Gasteiger partial charge in [0.2, 0.25) is 5.91 Å². The smallest absolute Gasteiger partial charge is 0.238 e. The largest absolute Gasteiger partial charge is 0.352 e. The predicted octanol–water partition coefficient (Wildman–Crippen LogP) is 8.04. The van der Waals surface area contributed by atoms with Gasteiger partial charge < -0.3 is 10.2 Å². The summed E-state index contributed by atoms with van der Waals surface area (Å²) < 4.78 is 0.858. The molecule has 3 aliphatic rings. The first-order chi connectivity index (χ1) is 21.4. The number of aryl methyl sites for hydroxylation is 1. The van der Waals surface area contributed by atoms with E-state index in [1.165, 1.54) is 5.56 Å². The minimum absolute atomic E-state index is 0.184. The molecule has 5 nitrogen and oxygen atoms in total. The van der Waals surface area contributed by atoms with Crippen LogP contribution in [0.1, 0.15) is 63.6 Å². The zero-order valence-electron chi connectivity index (χ0n) is 24.5. The minimum atomic E-state index is -1.31. The molecule has 0 saturated carbocycles. The molecule has 0 bridgehead atoms. The third kappa shape index (κ3) is 4.38. The highest BCUT2D eigenvalue weighted by molar-refractivity contribution is 9.10. The Balaban J connectivity index is 1.44. The summed E-state index contributed by atoms with van der Waals surface area (Å²) in [7, 11) is 0. The molecule has 1 spiro atoms. The summed E-state index contributed by atoms with van der Waals surface area (Å²) in [6.07, 6.45) is 8.38. The fourth-order valence-electron chi connectivity index (χ4n) is 7.50. The highest BCUT2D eigenvalue weighted by Crippen LogP contribution is 2.58. The Morgan fingerprint density at radius 1 is 0.841 bits per heavy atom. The Labute approximate surface area is 266 Å². The number of unbranched alkanes of at least 4 members (excludes halogenated alkanes) is 2. The molecule has 3 heterocycles. The number of rotatable bonds is 8. The fourth-order valence-corrected chi connectivity index (χ4v) is 7.76. The highest BCUT2D eigenvalue weighted by Gasteiger charge is 2.70. The van der Waals surface area contributed by atoms with Crippen molar-refractivity contribution in [3.63, 3.8) is 0 Å². The Bertz CT molecular complexity index is 1800. The molecular formula is C38H33BrN2O3. The molecule has 6 heteroatoms. The number of ketones is 2. The van der Waals surface area contributed by atoms with Crippen LogP contribution < -0.4 is 10.2 Å². The van der Waals surface area contributed by atoms with Crippen molar-refractivity contribution in [1.82, 2.24) is 0 Å². The van der Waals surface area contributed by atoms with Crippen LogP contribution in [0.2, 0.25) is 0 Å². The van der Waals surface area contributed by atoms with Crippen LogP contribution in [0.4, 0.5) is 11.4 Å². The monoisotopic (exact) mass is 644 g/mol. The van der Waals surface area contributed by atoms with E-state index in [1.807, 2.05) is 102 Å². The minimum Gasteiger partial charge on any atom is -0.352 e. The molecule has 1 amide bonds. The Morgan fingerprint density at radius 2 is 1.52 bits per heavy atom. The lowest BCUT2D eigenvalue weighted by atomic mass is 9.64. The van der Waals surface area contributed by atoms with Gasteiger partial charge in [0.25, 0.3) is 0 Å². The lowest BCUT2D eigenvalue weighted by Gasteiger charge is -2.37. The van der Waals surface area contributed by atoms with Crippen LogP contribution in [0.5, 0.6) is 0 Å². The molecule has 1 N–H and O–H groups in total. The van der Waals surface area contributed by atoms with E-state index in [2.05, 4.69) is 28.2 Å². The maximum atomic E-state index is 15.0. The van der Waals surface area contributed by atoms with E-state index in [0.29, 0.717) is 16.8 Å². The summed E-state index contributed by atoms with van der Waals surface area (Å²) in [4.78, 5) is 46.3. The van der Waals surface area contributed by atoms with E-state index in [4.69, 9.17) is 0 Å². The van der Waals surface area contributed by atoms with Gasteiger partial charge in [0.05, 0.1) is 12.0 Å². The van der Waals surface area contributed by atoms with Gasteiger partial charge in [-0.1, -0.05) is 121 Å². The molecule has 3 aliphatic heterocycles. The number of nitrogens with zero attached hydrogens (tertiary/aromatic N) is 1. The zero-order chi connectivity index (χ0) is 30.4. The van der Waals surface area contributed by atoms with Crippen LogP contribution in [0, 0.1) is 5.92 Å². The van der Waals surface area contributed by atoms with Crippen molar-refractivity contribution < 1.29 is 14.4 Å². The van der Waals surface area contributed by atoms with Crippen molar-refractivity contribution in [3.8, 4) is 0 Å². The summed E-state index contributed by atoms with van der Waals surface area (Å²) in [5, 5.41) is 3.10. The molecule has 220 valence electrons. The number of Topliss-reactive ketones (excluding diaryl/α,β-unsaturated/α-hetero) is 2. The van der Waals surface area contributed by atoms with E-state index >= 15 is 4.79 Å². The van der Waals surface area contributed by atoms with Crippen molar-refractivity contribution in [1.29, 1.82) is 0 Å². The standard InChI is InChI=1S/C38H33BrN2O3/c1-2-3-4-9-24-14-16-26(17-15-24)35(42)33-34(36(43)27-18-21-28(39)22-19-27)41-31-13-8-5-10-25(31)20-23-32(41)38(33)29-11-6-7-12-30(29)40-37(38)44/h5-8,10-23,32-34H,2-4,9H2,1H3,(H,40,44)/t32-,33-,34+,38+/m1/s1. The fraction of sp³-hybridized carbons (Fsp3) is 0.237. The van der Waals surface area contributed by atoms with Gasteiger partial charge in [-0.15, -0.1) is 0 Å². The van der Waals surface area contributed by atoms with Crippen LogP contribution in [-0.4, -0.2) is 29.6 Å². The number of carbonyl (C=O) groups excluding carboxylic acids is 3. The van der Waals surface area contributed by atoms with Crippen molar-refractivity contribution in [2.75, 3.05) is 10.2 Å². The number of fused-ring (bicyclic) bond motifs is 6. The third-order valence-electron chi connectivity index (χ3n) is 9.53. The first-order valence-corrected chi connectivity index (χ1v) is 16.1. The maximum absolute atomic E-state index is 15.0. The van der Waals surface area contributed by atoms with E-state index in [-0.39, 0.29) is 17.5 Å². The van der Waals surface area contributed by atoms with Crippen LogP contribution in [-0.2, 0) is 16.6 Å². The van der Waals surface area contributed by atoms with Gasteiger partial charge in [-0.05, 0) is 53.8 Å². The lowest BCUT2D eigenvalue weighted by Crippen LogP contribution is -2.51. The van der Waals surface area contributed by atoms with Gasteiger partial charge in [-0.25, -0.2) is 0 Å². The molecular weight excluding hydrogens is 612 g/mol. The Hall–Kier alpha value is -4.29. The van der Waals surface area contributed by atoms with Crippen molar-refractivity contribution in [3.05, 3.63) is 135 Å². The SMILES string of the molecule is CCCCCc1ccc(C(=O)[C@H]2[C@@H](C(=O)c3ccc(Br)cc3)N3c4ccccc4C=C[C@@H]3[C@]23C(=O)Nc2ccccc23)cc1. The van der Waals surface area contributed by atoms with Gasteiger partial charge in [0.15, 0.2) is 11.6 Å². The number of anilines is 2. The van der Waals surface area contributed by atoms with Crippen molar-refractivity contribution >= 4 is 50.9 Å². The second-order valence-electron chi connectivity index (χ2n) is 12.0. The van der Waals surface area contributed by atoms with Gasteiger partial charge in [0.1, 0.15) is 11.5 Å². The summed E-state index contributed by atoms with van der Waals surface area (Å²) in [5.41, 5.74) is 4.10. The number of halogens is 1. The number of hydrogen-bond acceptors (Lipinski definition) is 4. The Morgan fingerprint density at radius 3 is 2.30 bits per heavy atom. The number of benzene rings is 4. The van der Waals surface area contributed by atoms with E-state index in [1.54, 1.807) is 12.1 Å². The molecule has 44 heavy (non-hydrogen) atoms. The van der Waals surface area contributed by atoms with Crippen molar-refractivity contribution in [2.45, 2.75) is 50.1 Å². The molecule has 1 fully saturated rings. The first kappa shape index (κ1) is 28.5. The predicted molar refractivity (Wildman–Crippen MR) is 178 cm³/mol. The van der Waals surface area contributed by atoms with Gasteiger partial charge in [0, 0.05) is 27.0 Å². The maximum Gasteiger partial charge on any atom is 0.238 e. The third-order valence-corrected chi connectivity index (χ3v) is 10.1. The summed E-state index contributed by atoms with van der Waals surface area (Å²) in [6, 6.07) is 29.1. The topological polar surface area (TPSA) is 66.5 Å².